The third-order valence-corrected chi connectivity index (χ3v) is 3.86. The Labute approximate surface area is 166 Å². The Morgan fingerprint density at radius 2 is 1.97 bits per heavy atom. The van der Waals surface area contributed by atoms with Crippen LogP contribution in [-0.4, -0.2) is 46.5 Å². The number of nitrogens with two attached hydrogens (primary N) is 1. The molecular formula is C17H15F5N5O3-. The average Bonchev–Trinajstić information content (AvgIpc) is 2.70. The Hall–Kier alpha value is -3.35. The zero-order chi connectivity index (χ0) is 22.5. The summed E-state index contributed by atoms with van der Waals surface area (Å²) in [5, 5.41) is 8.28. The van der Waals surface area contributed by atoms with Crippen LogP contribution in [0.3, 0.4) is 0 Å². The molecule has 8 nitrogen and oxygen atoms in total. The number of carboxylic acids is 1. The van der Waals surface area contributed by atoms with Gasteiger partial charge in [0.25, 0.3) is 12.9 Å². The molecule has 1 aromatic heterocycles. The minimum atomic E-state index is -3.24. The number of carbonyl (C=O) groups is 1. The molecule has 0 spiro atoms. The van der Waals surface area contributed by atoms with Gasteiger partial charge in [0.05, 0.1) is 18.4 Å². The van der Waals surface area contributed by atoms with Crippen molar-refractivity contribution >= 4 is 17.5 Å². The van der Waals surface area contributed by atoms with Crippen molar-refractivity contribution < 1.29 is 36.6 Å². The number of hydrogen-bond acceptors (Lipinski definition) is 6. The largest absolute Gasteiger partial charge is 0.699 e. The fourth-order valence-electron chi connectivity index (χ4n) is 2.53. The number of rotatable bonds is 4. The maximum absolute atomic E-state index is 14.2. The summed E-state index contributed by atoms with van der Waals surface area (Å²) in [5.74, 6) is -2.87. The first-order valence-corrected chi connectivity index (χ1v) is 8.11. The maximum Gasteiger partial charge on any atom is 0.356 e. The lowest BCUT2D eigenvalue weighted by molar-refractivity contribution is -0.0149. The van der Waals surface area contributed by atoms with Crippen LogP contribution in [-0.2, 0) is 10.3 Å². The van der Waals surface area contributed by atoms with Crippen LogP contribution in [0.25, 0.3) is 5.73 Å². The molecule has 0 saturated heterocycles. The normalized spacial score (nSPS) is 18.6. The smallest absolute Gasteiger partial charge is 0.356 e. The minimum absolute atomic E-state index is 0.0301. The van der Waals surface area contributed by atoms with Gasteiger partial charge in [0.1, 0.15) is 18.3 Å². The van der Waals surface area contributed by atoms with Crippen LogP contribution in [0.1, 0.15) is 28.0 Å². The molecule has 162 valence electrons. The zero-order valence-corrected chi connectivity index (χ0v) is 15.0. The van der Waals surface area contributed by atoms with Crippen LogP contribution in [0.5, 0.6) is 0 Å². The van der Waals surface area contributed by atoms with Crippen molar-refractivity contribution in [2.75, 3.05) is 13.2 Å². The third-order valence-electron chi connectivity index (χ3n) is 3.86. The van der Waals surface area contributed by atoms with Gasteiger partial charge in [-0.25, -0.2) is 31.7 Å². The summed E-state index contributed by atoms with van der Waals surface area (Å²) < 4.78 is 71.4. The Kier molecular flexibility index (Phi) is 7.21. The summed E-state index contributed by atoms with van der Waals surface area (Å²) in [6.07, 6.45) is -2.52. The van der Waals surface area contributed by atoms with E-state index in [0.717, 1.165) is 6.07 Å². The van der Waals surface area contributed by atoms with Gasteiger partial charge in [-0.1, -0.05) is 12.1 Å². The van der Waals surface area contributed by atoms with Crippen LogP contribution in [0.2, 0.25) is 0 Å². The molecule has 0 aliphatic carbocycles. The van der Waals surface area contributed by atoms with E-state index in [1.165, 1.54) is 18.6 Å². The van der Waals surface area contributed by atoms with E-state index in [2.05, 4.69) is 15.0 Å². The van der Waals surface area contributed by atoms with Gasteiger partial charge in [0.15, 0.2) is 11.2 Å². The van der Waals surface area contributed by atoms with Crippen LogP contribution < -0.4 is 5.73 Å². The molecule has 2 aromatic rings. The van der Waals surface area contributed by atoms with Gasteiger partial charge in [0, 0.05) is 18.0 Å². The first-order chi connectivity index (χ1) is 14.1. The number of hydrogen-bond donors (Lipinski definition) is 2. The van der Waals surface area contributed by atoms with Crippen LogP contribution in [0.15, 0.2) is 35.7 Å². The summed E-state index contributed by atoms with van der Waals surface area (Å²) in [7, 11) is 0. The number of aliphatic imine (C=N–C) groups is 1. The van der Waals surface area contributed by atoms with Crippen molar-refractivity contribution in [1.29, 1.82) is 0 Å². The van der Waals surface area contributed by atoms with Gasteiger partial charge in [-0.3, -0.25) is 9.98 Å². The summed E-state index contributed by atoms with van der Waals surface area (Å²) >= 11 is 0. The third kappa shape index (κ3) is 4.97. The highest BCUT2D eigenvalue weighted by Gasteiger charge is 2.47. The summed E-state index contributed by atoms with van der Waals surface area (Å²) in [4.78, 5) is 20.7. The van der Waals surface area contributed by atoms with E-state index in [1.54, 1.807) is 0 Å². The van der Waals surface area contributed by atoms with E-state index in [-0.39, 0.29) is 18.1 Å². The lowest BCUT2D eigenvalue weighted by atomic mass is 9.88. The van der Waals surface area contributed by atoms with Crippen molar-refractivity contribution in [2.45, 2.75) is 18.4 Å². The van der Waals surface area contributed by atoms with Crippen molar-refractivity contribution in [3.8, 4) is 0 Å². The highest BCUT2D eigenvalue weighted by Crippen LogP contribution is 2.41. The molecule has 1 aliphatic rings. The van der Waals surface area contributed by atoms with Gasteiger partial charge in [0.2, 0.25) is 0 Å². The molecular weight excluding hydrogens is 417 g/mol. The molecule has 0 bridgehead atoms. The summed E-state index contributed by atoms with van der Waals surface area (Å²) in [6.45, 7) is -0.924. The molecule has 1 aromatic carbocycles. The second kappa shape index (κ2) is 9.43. The maximum atomic E-state index is 14.2. The molecule has 13 heteroatoms. The van der Waals surface area contributed by atoms with Gasteiger partial charge >= 0.3 is 5.97 Å². The Morgan fingerprint density at radius 3 is 2.43 bits per heavy atom. The van der Waals surface area contributed by atoms with E-state index in [0.29, 0.717) is 6.07 Å². The molecule has 0 unspecified atom stereocenters. The highest BCUT2D eigenvalue weighted by molar-refractivity contribution is 5.84. The molecule has 0 amide bonds. The van der Waals surface area contributed by atoms with Crippen LogP contribution in [0.4, 0.5) is 27.6 Å². The Bertz CT molecular complexity index is 930. The van der Waals surface area contributed by atoms with E-state index in [9.17, 15) is 26.7 Å². The van der Waals surface area contributed by atoms with E-state index < -0.39 is 53.6 Å². The van der Waals surface area contributed by atoms with Gasteiger partial charge in [-0.15, -0.1) is 5.69 Å². The van der Waals surface area contributed by atoms with E-state index in [1.807, 2.05) is 0 Å². The SMILES string of the molecule is O=C(O)c1cnccn1.[NH-]c1cc(C(F)F)c(F)c([C@]2(C(F)F)COCC(N)=N2)c1. The summed E-state index contributed by atoms with van der Waals surface area (Å²) in [5.41, 5.74) is 7.72. The number of halogens is 5. The lowest BCUT2D eigenvalue weighted by Gasteiger charge is -2.34. The van der Waals surface area contributed by atoms with Gasteiger partial charge in [-0.05, 0) is 0 Å². The van der Waals surface area contributed by atoms with Gasteiger partial charge in [-0.2, -0.15) is 0 Å². The minimum Gasteiger partial charge on any atom is -0.699 e. The number of nitrogens with zero attached hydrogens (tertiary/aromatic N) is 3. The van der Waals surface area contributed by atoms with Crippen molar-refractivity contribution in [3.05, 3.63) is 59.1 Å². The first-order valence-electron chi connectivity index (χ1n) is 8.11. The molecule has 2 heterocycles. The molecule has 1 atom stereocenters. The standard InChI is InChI=1S/C12H11F5N3O.C5H4N2O2/c13-9-6(10(14)15)1-5(18)2-7(9)12(11(16)17)4-21-3-8(19)20-12;8-5(9)4-3-6-1-2-7-4/h1-2,10-11,18H,3-4H2,(H2,19,20);1-3H,(H,8,9)/q-1;/t12-;/m0./s1. The van der Waals surface area contributed by atoms with Crippen molar-refractivity contribution in [3.63, 3.8) is 0 Å². The van der Waals surface area contributed by atoms with Crippen molar-refractivity contribution in [2.24, 2.45) is 10.7 Å². The number of aromatic nitrogens is 2. The number of benzene rings is 1. The Balaban J connectivity index is 0.000000297. The molecule has 3 rings (SSSR count). The quantitative estimate of drug-likeness (QED) is 0.711. The van der Waals surface area contributed by atoms with E-state index >= 15 is 0 Å². The van der Waals surface area contributed by atoms with Crippen LogP contribution in [0, 0.1) is 5.82 Å². The molecule has 0 fully saturated rings. The lowest BCUT2D eigenvalue weighted by Crippen LogP contribution is -2.45. The number of nitrogens with one attached hydrogen (secondary N) is 1. The number of alkyl halides is 4. The Morgan fingerprint density at radius 1 is 1.27 bits per heavy atom. The van der Waals surface area contributed by atoms with E-state index in [4.69, 9.17) is 21.3 Å². The predicted molar refractivity (Wildman–Crippen MR) is 94.5 cm³/mol. The van der Waals surface area contributed by atoms with Crippen LogP contribution >= 0.6 is 0 Å². The molecule has 0 saturated carbocycles. The topological polar surface area (TPSA) is 134 Å². The first kappa shape index (κ1) is 22.9. The number of ether oxygens (including phenoxy) is 1. The number of aromatic carboxylic acids is 1. The number of carboxylic acid groups (broad SMARTS) is 1. The molecule has 30 heavy (non-hydrogen) atoms. The monoisotopic (exact) mass is 432 g/mol. The fourth-order valence-corrected chi connectivity index (χ4v) is 2.53. The average molecular weight is 432 g/mol. The number of amidine groups is 1. The second-order valence-electron chi connectivity index (χ2n) is 5.94. The molecule has 1 aliphatic heterocycles. The summed E-state index contributed by atoms with van der Waals surface area (Å²) in [6, 6.07) is 1.32. The second-order valence-corrected chi connectivity index (χ2v) is 5.94. The highest BCUT2D eigenvalue weighted by atomic mass is 19.3. The van der Waals surface area contributed by atoms with Crippen molar-refractivity contribution in [1.82, 2.24) is 9.97 Å². The van der Waals surface area contributed by atoms with Gasteiger partial charge < -0.3 is 21.3 Å². The predicted octanol–water partition coefficient (Wildman–Crippen LogP) is 3.47. The zero-order valence-electron chi connectivity index (χ0n) is 15.0. The molecule has 0 radical (unpaired) electrons. The molecule has 4 N–H and O–H groups in total. The fraction of sp³-hybridized carbons (Fsp3) is 0.294.